The van der Waals surface area contributed by atoms with E-state index in [0.717, 1.165) is 5.75 Å². The van der Waals surface area contributed by atoms with Gasteiger partial charge in [-0.1, -0.05) is 23.2 Å². The van der Waals surface area contributed by atoms with Crippen molar-refractivity contribution in [2.75, 3.05) is 18.6 Å². The van der Waals surface area contributed by atoms with Crippen LogP contribution in [0.1, 0.15) is 16.9 Å². The molecule has 2 rings (SSSR count). The minimum absolute atomic E-state index is 0.101. The molecule has 0 aliphatic heterocycles. The number of aliphatic hydroxyl groups excluding tert-OH is 1. The molecular weight excluding hydrogens is 357 g/mol. The van der Waals surface area contributed by atoms with Crippen molar-refractivity contribution >= 4 is 40.9 Å². The van der Waals surface area contributed by atoms with E-state index in [1.165, 1.54) is 0 Å². The smallest absolute Gasteiger partial charge is 0.269 e. The van der Waals surface area contributed by atoms with Crippen LogP contribution in [0.3, 0.4) is 0 Å². The summed E-state index contributed by atoms with van der Waals surface area (Å²) in [6, 6.07) is 6.42. The predicted octanol–water partition coefficient (Wildman–Crippen LogP) is 3.23. The number of hydrogen-bond acceptors (Lipinski definition) is 4. The maximum Gasteiger partial charge on any atom is 0.269 e. The van der Waals surface area contributed by atoms with Gasteiger partial charge in [-0.05, 0) is 42.7 Å². The number of rotatable bonds is 7. The molecule has 0 aliphatic rings. The van der Waals surface area contributed by atoms with Gasteiger partial charge in [0.1, 0.15) is 5.69 Å². The molecule has 0 radical (unpaired) electrons. The Kier molecular flexibility index (Phi) is 6.77. The van der Waals surface area contributed by atoms with Crippen molar-refractivity contribution < 1.29 is 9.90 Å². The SMILES string of the molecule is CSCCC(CO)NC(=O)c1cc(-c2ccc(Cl)cc2Cl)n[nH]1. The molecule has 0 spiro atoms. The predicted molar refractivity (Wildman–Crippen MR) is 95.4 cm³/mol. The third kappa shape index (κ3) is 4.88. The van der Waals surface area contributed by atoms with Crippen molar-refractivity contribution in [3.63, 3.8) is 0 Å². The number of carbonyl (C=O) groups excluding carboxylic acids is 1. The maximum atomic E-state index is 12.2. The molecule has 3 N–H and O–H groups in total. The highest BCUT2D eigenvalue weighted by Gasteiger charge is 2.16. The second-order valence-corrected chi connectivity index (χ2v) is 6.75. The number of carbonyl (C=O) groups is 1. The normalized spacial score (nSPS) is 12.2. The van der Waals surface area contributed by atoms with Crippen LogP contribution in [0, 0.1) is 0 Å². The van der Waals surface area contributed by atoms with E-state index in [-0.39, 0.29) is 18.6 Å². The average Bonchev–Trinajstić information content (AvgIpc) is 3.01. The lowest BCUT2D eigenvalue weighted by Gasteiger charge is -2.14. The third-order valence-electron chi connectivity index (χ3n) is 3.26. The standard InChI is InChI=1S/C15H17Cl2N3O2S/c1-23-5-4-10(8-21)18-15(22)14-7-13(19-20-14)11-3-2-9(16)6-12(11)17/h2-3,6-7,10,21H,4-5,8H2,1H3,(H,18,22)(H,19,20). The van der Waals surface area contributed by atoms with E-state index >= 15 is 0 Å². The van der Waals surface area contributed by atoms with Crippen LogP contribution in [0.2, 0.25) is 10.0 Å². The number of benzene rings is 1. The summed E-state index contributed by atoms with van der Waals surface area (Å²) in [5.41, 5.74) is 1.56. The van der Waals surface area contributed by atoms with Gasteiger partial charge in [-0.15, -0.1) is 0 Å². The summed E-state index contributed by atoms with van der Waals surface area (Å²) in [5, 5.41) is 19.9. The summed E-state index contributed by atoms with van der Waals surface area (Å²) in [6.07, 6.45) is 2.68. The second-order valence-electron chi connectivity index (χ2n) is 4.93. The Bertz CT molecular complexity index is 678. The molecule has 23 heavy (non-hydrogen) atoms. The molecule has 1 aromatic heterocycles. The molecule has 2 aromatic rings. The molecule has 0 aliphatic carbocycles. The highest BCUT2D eigenvalue weighted by atomic mass is 35.5. The monoisotopic (exact) mass is 373 g/mol. The lowest BCUT2D eigenvalue weighted by molar-refractivity contribution is 0.0910. The number of hydrogen-bond donors (Lipinski definition) is 3. The van der Waals surface area contributed by atoms with Crippen molar-refractivity contribution in [1.29, 1.82) is 0 Å². The summed E-state index contributed by atoms with van der Waals surface area (Å²) < 4.78 is 0. The highest BCUT2D eigenvalue weighted by Crippen LogP contribution is 2.29. The lowest BCUT2D eigenvalue weighted by atomic mass is 10.1. The van der Waals surface area contributed by atoms with Gasteiger partial charge in [0.25, 0.3) is 5.91 Å². The zero-order valence-electron chi connectivity index (χ0n) is 12.5. The first-order valence-corrected chi connectivity index (χ1v) is 9.11. The van der Waals surface area contributed by atoms with Crippen molar-refractivity contribution in [2.45, 2.75) is 12.5 Å². The van der Waals surface area contributed by atoms with E-state index < -0.39 is 0 Å². The zero-order valence-corrected chi connectivity index (χ0v) is 14.8. The summed E-state index contributed by atoms with van der Waals surface area (Å²) in [4.78, 5) is 12.2. The van der Waals surface area contributed by atoms with Crippen LogP contribution in [-0.4, -0.2) is 45.9 Å². The van der Waals surface area contributed by atoms with Crippen molar-refractivity contribution in [3.8, 4) is 11.3 Å². The molecule has 1 heterocycles. The molecule has 1 aromatic carbocycles. The van der Waals surface area contributed by atoms with Crippen molar-refractivity contribution in [2.24, 2.45) is 0 Å². The van der Waals surface area contributed by atoms with E-state index in [0.29, 0.717) is 33.4 Å². The minimum Gasteiger partial charge on any atom is -0.394 e. The highest BCUT2D eigenvalue weighted by molar-refractivity contribution is 7.98. The fourth-order valence-corrected chi connectivity index (χ4v) is 3.03. The second kappa shape index (κ2) is 8.59. The van der Waals surface area contributed by atoms with Gasteiger partial charge in [-0.25, -0.2) is 0 Å². The Hall–Kier alpha value is -1.21. The maximum absolute atomic E-state index is 12.2. The van der Waals surface area contributed by atoms with Gasteiger partial charge in [0.15, 0.2) is 0 Å². The Morgan fingerprint density at radius 3 is 2.87 bits per heavy atom. The fourth-order valence-electron chi connectivity index (χ4n) is 2.01. The molecule has 1 atom stereocenters. The molecule has 0 saturated heterocycles. The van der Waals surface area contributed by atoms with Crippen LogP contribution in [0.25, 0.3) is 11.3 Å². The van der Waals surface area contributed by atoms with Crippen LogP contribution < -0.4 is 5.32 Å². The molecule has 0 bridgehead atoms. The number of thioether (sulfide) groups is 1. The number of nitrogens with one attached hydrogen (secondary N) is 2. The first-order chi connectivity index (χ1) is 11.0. The number of aromatic nitrogens is 2. The van der Waals surface area contributed by atoms with Gasteiger partial charge in [0.2, 0.25) is 0 Å². The minimum atomic E-state index is -0.311. The van der Waals surface area contributed by atoms with Gasteiger partial charge in [0.05, 0.1) is 23.4 Å². The Labute approximate surface area is 148 Å². The van der Waals surface area contributed by atoms with E-state index in [1.54, 1.807) is 36.0 Å². The molecule has 1 unspecified atom stereocenters. The molecule has 5 nitrogen and oxygen atoms in total. The molecule has 124 valence electrons. The first kappa shape index (κ1) is 18.1. The lowest BCUT2D eigenvalue weighted by Crippen LogP contribution is -2.38. The van der Waals surface area contributed by atoms with Gasteiger partial charge in [0, 0.05) is 10.6 Å². The largest absolute Gasteiger partial charge is 0.394 e. The summed E-state index contributed by atoms with van der Waals surface area (Å²) in [5.74, 6) is 0.550. The Morgan fingerprint density at radius 2 is 2.22 bits per heavy atom. The zero-order chi connectivity index (χ0) is 16.8. The number of aliphatic hydroxyl groups is 1. The Morgan fingerprint density at radius 1 is 1.43 bits per heavy atom. The van der Waals surface area contributed by atoms with Gasteiger partial charge >= 0.3 is 0 Å². The Balaban J connectivity index is 2.10. The topological polar surface area (TPSA) is 78.0 Å². The van der Waals surface area contributed by atoms with Crippen molar-refractivity contribution in [3.05, 3.63) is 40.0 Å². The van der Waals surface area contributed by atoms with E-state index in [2.05, 4.69) is 15.5 Å². The number of H-pyrrole nitrogens is 1. The fraction of sp³-hybridized carbons (Fsp3) is 0.333. The van der Waals surface area contributed by atoms with E-state index in [4.69, 9.17) is 23.2 Å². The van der Waals surface area contributed by atoms with Crippen LogP contribution >= 0.6 is 35.0 Å². The van der Waals surface area contributed by atoms with Gasteiger partial charge in [-0.2, -0.15) is 16.9 Å². The first-order valence-electron chi connectivity index (χ1n) is 6.96. The molecule has 1 amide bonds. The molecule has 8 heteroatoms. The van der Waals surface area contributed by atoms with Gasteiger partial charge < -0.3 is 10.4 Å². The number of aromatic amines is 1. The van der Waals surface area contributed by atoms with Gasteiger partial charge in [-0.3, -0.25) is 9.89 Å². The third-order valence-corrected chi connectivity index (χ3v) is 4.45. The number of halogens is 2. The van der Waals surface area contributed by atoms with Crippen LogP contribution in [-0.2, 0) is 0 Å². The average molecular weight is 374 g/mol. The van der Waals surface area contributed by atoms with Crippen molar-refractivity contribution in [1.82, 2.24) is 15.5 Å². The number of nitrogens with zero attached hydrogens (tertiary/aromatic N) is 1. The van der Waals surface area contributed by atoms with E-state index in [1.807, 2.05) is 6.26 Å². The quantitative estimate of drug-likeness (QED) is 0.695. The van der Waals surface area contributed by atoms with Crippen LogP contribution in [0.15, 0.2) is 24.3 Å². The summed E-state index contributed by atoms with van der Waals surface area (Å²) in [7, 11) is 0. The molecular formula is C15H17Cl2N3O2S. The number of amides is 1. The molecule has 0 fully saturated rings. The van der Waals surface area contributed by atoms with E-state index in [9.17, 15) is 9.90 Å². The summed E-state index contributed by atoms with van der Waals surface area (Å²) >= 11 is 13.7. The summed E-state index contributed by atoms with van der Waals surface area (Å²) in [6.45, 7) is -0.101. The molecule has 0 saturated carbocycles. The van der Waals surface area contributed by atoms with Crippen LogP contribution in [0.5, 0.6) is 0 Å². The van der Waals surface area contributed by atoms with Crippen LogP contribution in [0.4, 0.5) is 0 Å².